The van der Waals surface area contributed by atoms with Crippen molar-refractivity contribution in [3.8, 4) is 11.5 Å². The summed E-state index contributed by atoms with van der Waals surface area (Å²) in [5.41, 5.74) is 3.99. The molecular formula is C26H29NO5S2. The Balaban J connectivity index is 1.82. The number of ether oxygens (including phenoxy) is 2. The van der Waals surface area contributed by atoms with Crippen LogP contribution in [0, 0.1) is 27.7 Å². The molecule has 8 heteroatoms. The van der Waals surface area contributed by atoms with Crippen molar-refractivity contribution in [1.29, 1.82) is 0 Å². The molecule has 0 aromatic heterocycles. The van der Waals surface area contributed by atoms with Crippen molar-refractivity contribution in [3.05, 3.63) is 82.4 Å². The lowest BCUT2D eigenvalue weighted by Crippen LogP contribution is -2.25. The lowest BCUT2D eigenvalue weighted by Gasteiger charge is -2.20. The Morgan fingerprint density at radius 1 is 0.882 bits per heavy atom. The Labute approximate surface area is 206 Å². The average Bonchev–Trinajstić information content (AvgIpc) is 2.81. The Bertz CT molecular complexity index is 1300. The van der Waals surface area contributed by atoms with Gasteiger partial charge in [0.25, 0.3) is 10.0 Å². The molecule has 6 nitrogen and oxygen atoms in total. The van der Waals surface area contributed by atoms with Gasteiger partial charge in [-0.2, -0.15) is 0 Å². The van der Waals surface area contributed by atoms with Gasteiger partial charge in [-0.05, 0) is 110 Å². The number of methoxy groups -OCH3 is 1. The Kier molecular flexibility index (Phi) is 8.07. The first-order chi connectivity index (χ1) is 16.1. The summed E-state index contributed by atoms with van der Waals surface area (Å²) >= 11 is 1.11. The molecule has 34 heavy (non-hydrogen) atoms. The van der Waals surface area contributed by atoms with Crippen molar-refractivity contribution in [2.24, 2.45) is 0 Å². The van der Waals surface area contributed by atoms with Crippen molar-refractivity contribution in [3.63, 3.8) is 0 Å². The van der Waals surface area contributed by atoms with Crippen LogP contribution in [0.2, 0.25) is 0 Å². The monoisotopic (exact) mass is 499 g/mol. The lowest BCUT2D eigenvalue weighted by molar-refractivity contribution is 0.0599. The van der Waals surface area contributed by atoms with Crippen molar-refractivity contribution in [2.45, 2.75) is 44.4 Å². The van der Waals surface area contributed by atoms with E-state index in [0.29, 0.717) is 16.9 Å². The number of aryl methyl sites for hydroxylation is 3. The third-order valence-electron chi connectivity index (χ3n) is 5.62. The molecule has 180 valence electrons. The summed E-state index contributed by atoms with van der Waals surface area (Å²) in [4.78, 5) is 12.9. The molecule has 0 unspecified atom stereocenters. The summed E-state index contributed by atoms with van der Waals surface area (Å²) in [5.74, 6) is 0.848. The Morgan fingerprint density at radius 3 is 2.12 bits per heavy atom. The van der Waals surface area contributed by atoms with Gasteiger partial charge in [-0.25, -0.2) is 13.2 Å². The summed E-state index contributed by atoms with van der Waals surface area (Å²) in [6, 6.07) is 16.1. The molecule has 0 bridgehead atoms. The molecule has 0 N–H and O–H groups in total. The van der Waals surface area contributed by atoms with E-state index in [1.807, 2.05) is 56.3 Å². The van der Waals surface area contributed by atoms with Gasteiger partial charge >= 0.3 is 5.97 Å². The maximum atomic E-state index is 13.4. The molecule has 0 saturated carbocycles. The summed E-state index contributed by atoms with van der Waals surface area (Å²) in [6.07, 6.45) is 0. The number of nitrogens with zero attached hydrogens (tertiary/aromatic N) is 1. The van der Waals surface area contributed by atoms with Crippen molar-refractivity contribution in [1.82, 2.24) is 3.71 Å². The highest BCUT2D eigenvalue weighted by molar-refractivity contribution is 8.08. The summed E-state index contributed by atoms with van der Waals surface area (Å²) in [7, 11) is -2.59. The second-order valence-corrected chi connectivity index (χ2v) is 11.1. The van der Waals surface area contributed by atoms with Gasteiger partial charge in [0.2, 0.25) is 0 Å². The van der Waals surface area contributed by atoms with Crippen LogP contribution in [-0.4, -0.2) is 31.8 Å². The normalized spacial score (nSPS) is 11.5. The molecule has 0 fully saturated rings. The van der Waals surface area contributed by atoms with Gasteiger partial charge < -0.3 is 9.47 Å². The van der Waals surface area contributed by atoms with E-state index < -0.39 is 16.0 Å². The number of carbonyl (C=O) groups excluding carboxylic acids is 1. The van der Waals surface area contributed by atoms with Gasteiger partial charge in [0.05, 0.1) is 17.6 Å². The fourth-order valence-corrected chi connectivity index (χ4v) is 6.00. The van der Waals surface area contributed by atoms with E-state index in [2.05, 4.69) is 0 Å². The molecule has 3 aromatic rings. The number of rotatable bonds is 8. The van der Waals surface area contributed by atoms with Crippen LogP contribution in [0.4, 0.5) is 0 Å². The molecule has 0 aliphatic carbocycles. The van der Waals surface area contributed by atoms with Crippen molar-refractivity contribution >= 4 is 27.9 Å². The van der Waals surface area contributed by atoms with E-state index in [1.165, 1.54) is 22.5 Å². The molecule has 3 rings (SSSR count). The quantitative estimate of drug-likeness (QED) is 0.271. The minimum absolute atomic E-state index is 0.0556. The van der Waals surface area contributed by atoms with Crippen LogP contribution in [-0.2, 0) is 14.8 Å². The van der Waals surface area contributed by atoms with E-state index in [1.54, 1.807) is 26.8 Å². The third kappa shape index (κ3) is 5.63. The Hall–Kier alpha value is -2.81. The Morgan fingerprint density at radius 2 is 1.53 bits per heavy atom. The lowest BCUT2D eigenvalue weighted by atomic mass is 10.0. The predicted molar refractivity (Wildman–Crippen MR) is 135 cm³/mol. The first-order valence-electron chi connectivity index (χ1n) is 10.8. The molecule has 0 atom stereocenters. The van der Waals surface area contributed by atoms with E-state index >= 15 is 0 Å². The zero-order valence-corrected chi connectivity index (χ0v) is 21.8. The van der Waals surface area contributed by atoms with Crippen molar-refractivity contribution in [2.75, 3.05) is 13.7 Å². The highest BCUT2D eigenvalue weighted by atomic mass is 32.3. The maximum Gasteiger partial charge on any atom is 0.338 e. The molecule has 0 aliphatic heterocycles. The van der Waals surface area contributed by atoms with Gasteiger partial charge in [-0.1, -0.05) is 13.0 Å². The highest BCUT2D eigenvalue weighted by Crippen LogP contribution is 2.33. The predicted octanol–water partition coefficient (Wildman–Crippen LogP) is 6.22. The number of carbonyl (C=O) groups is 1. The van der Waals surface area contributed by atoms with Crippen LogP contribution in [0.15, 0.2) is 64.4 Å². The zero-order valence-electron chi connectivity index (χ0n) is 20.2. The molecular weight excluding hydrogens is 470 g/mol. The summed E-state index contributed by atoms with van der Waals surface area (Å²) in [5, 5.41) is 0. The van der Waals surface area contributed by atoms with E-state index in [4.69, 9.17) is 9.47 Å². The summed E-state index contributed by atoms with van der Waals surface area (Å²) < 4.78 is 38.8. The van der Waals surface area contributed by atoms with Gasteiger partial charge in [-0.3, -0.25) is 0 Å². The number of esters is 1. The number of sulfonamides is 1. The van der Waals surface area contributed by atoms with Crippen molar-refractivity contribution < 1.29 is 22.7 Å². The average molecular weight is 500 g/mol. The second-order valence-electron chi connectivity index (χ2n) is 7.94. The third-order valence-corrected chi connectivity index (χ3v) is 9.00. The smallest absolute Gasteiger partial charge is 0.338 e. The van der Waals surface area contributed by atoms with E-state index in [0.717, 1.165) is 28.2 Å². The minimum Gasteiger partial charge on any atom is -0.465 e. The van der Waals surface area contributed by atoms with Crippen LogP contribution in [0.1, 0.15) is 39.5 Å². The van der Waals surface area contributed by atoms with Gasteiger partial charge in [0.15, 0.2) is 0 Å². The van der Waals surface area contributed by atoms with Crippen LogP contribution < -0.4 is 4.74 Å². The molecule has 3 aromatic carbocycles. The van der Waals surface area contributed by atoms with Crippen LogP contribution in [0.25, 0.3) is 0 Å². The second kappa shape index (κ2) is 10.6. The number of benzene rings is 3. The van der Waals surface area contributed by atoms with Gasteiger partial charge in [0.1, 0.15) is 11.5 Å². The first kappa shape index (κ1) is 25.8. The molecule has 0 spiro atoms. The van der Waals surface area contributed by atoms with Crippen LogP contribution >= 0.6 is 11.9 Å². The summed E-state index contributed by atoms with van der Waals surface area (Å²) in [6.45, 7) is 9.64. The van der Waals surface area contributed by atoms with E-state index in [-0.39, 0.29) is 17.0 Å². The molecule has 0 aliphatic rings. The maximum absolute atomic E-state index is 13.4. The molecule has 0 saturated heterocycles. The minimum atomic E-state index is -3.86. The molecule has 0 radical (unpaired) electrons. The van der Waals surface area contributed by atoms with Crippen LogP contribution in [0.3, 0.4) is 0 Å². The van der Waals surface area contributed by atoms with E-state index in [9.17, 15) is 13.2 Å². The molecule has 0 amide bonds. The van der Waals surface area contributed by atoms with Gasteiger partial charge in [-0.15, -0.1) is 3.71 Å². The highest BCUT2D eigenvalue weighted by Gasteiger charge is 2.27. The molecule has 0 heterocycles. The standard InChI is InChI=1S/C26H29NO5S2/c1-7-27(34(29,30)24-15-19(4)20(5)25(16-24)26(28)31-6)33-23-12-10-21(11-13-23)32-22-9-8-17(2)18(3)14-22/h8-16H,7H2,1-6H3. The zero-order chi connectivity index (χ0) is 25.0. The van der Waals surface area contributed by atoms with Crippen LogP contribution in [0.5, 0.6) is 11.5 Å². The number of hydrogen-bond acceptors (Lipinski definition) is 6. The SMILES string of the molecule is CCN(Sc1ccc(Oc2ccc(C)c(C)c2)cc1)S(=O)(=O)c1cc(C)c(C)c(C(=O)OC)c1. The van der Waals surface area contributed by atoms with Gasteiger partial charge in [0, 0.05) is 11.4 Å². The fraction of sp³-hybridized carbons (Fsp3) is 0.269. The topological polar surface area (TPSA) is 72.9 Å². The largest absolute Gasteiger partial charge is 0.465 e. The fourth-order valence-electron chi connectivity index (χ4n) is 3.30. The first-order valence-corrected chi connectivity index (χ1v) is 13.0. The number of hydrogen-bond donors (Lipinski definition) is 0.